The van der Waals surface area contributed by atoms with Crippen molar-refractivity contribution in [2.24, 2.45) is 5.92 Å². The van der Waals surface area contributed by atoms with E-state index in [0.717, 1.165) is 0 Å². The standard InChI is InChI=1S/C18H14N4O4/c1-8(2)15(23)11(7-19)13-9-5-3-4-6-10(9)14(20-13)12-16(24)21-18(26)22-17(12)25/h3-6,8,20H,1-2H3,(H2,21,22,24,25,26)/b13-11+. The van der Waals surface area contributed by atoms with Crippen molar-refractivity contribution in [1.82, 2.24) is 15.6 Å². The van der Waals surface area contributed by atoms with Crippen LogP contribution in [-0.4, -0.2) is 28.6 Å². The number of nitrogens with one attached hydrogen (secondary N) is 3. The Balaban J connectivity index is 2.50. The molecule has 0 unspecified atom stereocenters. The van der Waals surface area contributed by atoms with Crippen LogP contribution in [0.1, 0.15) is 13.8 Å². The molecular weight excluding hydrogens is 336 g/mol. The van der Waals surface area contributed by atoms with Gasteiger partial charge in [-0.1, -0.05) is 38.1 Å². The monoisotopic (exact) mass is 350 g/mol. The molecule has 0 aliphatic carbocycles. The van der Waals surface area contributed by atoms with Gasteiger partial charge < -0.3 is 4.98 Å². The van der Waals surface area contributed by atoms with Gasteiger partial charge in [-0.2, -0.15) is 5.26 Å². The van der Waals surface area contributed by atoms with Gasteiger partial charge in [-0.25, -0.2) is 4.79 Å². The van der Waals surface area contributed by atoms with Crippen molar-refractivity contribution in [3.8, 4) is 6.07 Å². The molecule has 1 saturated heterocycles. The molecule has 0 bridgehead atoms. The van der Waals surface area contributed by atoms with Crippen LogP contribution < -0.4 is 21.3 Å². The Morgan fingerprint density at radius 2 is 1.62 bits per heavy atom. The van der Waals surface area contributed by atoms with E-state index >= 15 is 0 Å². The molecule has 8 heteroatoms. The van der Waals surface area contributed by atoms with Crippen molar-refractivity contribution >= 4 is 45.5 Å². The number of Topliss-reactive ketones (excluding diaryl/α,β-unsaturated/α-hetero) is 1. The Morgan fingerprint density at radius 3 is 2.15 bits per heavy atom. The van der Waals surface area contributed by atoms with Gasteiger partial charge in [0.05, 0.1) is 10.7 Å². The van der Waals surface area contributed by atoms with E-state index in [2.05, 4.69) is 4.98 Å². The minimum Gasteiger partial charge on any atom is -0.352 e. The normalized spacial score (nSPS) is 15.6. The summed E-state index contributed by atoms with van der Waals surface area (Å²) in [7, 11) is 0. The number of hydrogen-bond acceptors (Lipinski definition) is 5. The average molecular weight is 350 g/mol. The van der Waals surface area contributed by atoms with Crippen molar-refractivity contribution in [1.29, 1.82) is 5.26 Å². The summed E-state index contributed by atoms with van der Waals surface area (Å²) in [6, 6.07) is 7.76. The fraction of sp³-hybridized carbons (Fsp3) is 0.167. The number of imide groups is 2. The minimum atomic E-state index is -0.904. The highest BCUT2D eigenvalue weighted by molar-refractivity contribution is 6.46. The molecule has 8 nitrogen and oxygen atoms in total. The van der Waals surface area contributed by atoms with Crippen LogP contribution in [0.15, 0.2) is 24.3 Å². The minimum absolute atomic E-state index is 0.0873. The Bertz CT molecular complexity index is 1130. The van der Waals surface area contributed by atoms with Gasteiger partial charge in [0, 0.05) is 16.7 Å². The van der Waals surface area contributed by atoms with Crippen molar-refractivity contribution in [3.05, 3.63) is 35.0 Å². The first-order chi connectivity index (χ1) is 12.3. The van der Waals surface area contributed by atoms with Crippen molar-refractivity contribution < 1.29 is 19.2 Å². The molecule has 1 aromatic heterocycles. The number of hydrogen-bond donors (Lipinski definition) is 3. The molecule has 0 atom stereocenters. The third-order valence-corrected chi connectivity index (χ3v) is 4.01. The van der Waals surface area contributed by atoms with Crippen LogP contribution in [0.4, 0.5) is 4.79 Å². The van der Waals surface area contributed by atoms with E-state index in [1.165, 1.54) is 0 Å². The fourth-order valence-corrected chi connectivity index (χ4v) is 2.79. The maximum Gasteiger partial charge on any atom is 0.328 e. The first-order valence-electron chi connectivity index (χ1n) is 7.81. The molecule has 0 radical (unpaired) electrons. The van der Waals surface area contributed by atoms with Crippen LogP contribution in [0, 0.1) is 17.2 Å². The molecule has 3 rings (SSSR count). The molecule has 1 aliphatic rings. The second kappa shape index (κ2) is 6.29. The van der Waals surface area contributed by atoms with Gasteiger partial charge in [0.1, 0.15) is 17.2 Å². The molecule has 2 heterocycles. The highest BCUT2D eigenvalue weighted by Gasteiger charge is 2.30. The molecule has 0 spiro atoms. The topological polar surface area (TPSA) is 132 Å². The summed E-state index contributed by atoms with van der Waals surface area (Å²) >= 11 is 0. The Labute approximate surface area is 147 Å². The van der Waals surface area contributed by atoms with Crippen molar-refractivity contribution in [3.63, 3.8) is 0 Å². The summed E-state index contributed by atoms with van der Waals surface area (Å²) in [6.45, 7) is 3.35. The predicted octanol–water partition coefficient (Wildman–Crippen LogP) is -0.416. The van der Waals surface area contributed by atoms with Gasteiger partial charge in [-0.15, -0.1) is 0 Å². The number of amides is 4. The summed E-state index contributed by atoms with van der Waals surface area (Å²) < 4.78 is 0. The molecule has 0 saturated carbocycles. The van der Waals surface area contributed by atoms with E-state index in [4.69, 9.17) is 0 Å². The van der Waals surface area contributed by atoms with E-state index in [0.29, 0.717) is 10.8 Å². The second-order valence-electron chi connectivity index (χ2n) is 6.04. The zero-order chi connectivity index (χ0) is 19.0. The number of H-pyrrole nitrogens is 1. The SMILES string of the molecule is CC(C)C(=O)/C(C#N)=c1/[nH]c(=C2C(=O)NC(=O)NC2=O)c2ccccc12. The number of fused-ring (bicyclic) bond motifs is 1. The van der Waals surface area contributed by atoms with Gasteiger partial charge in [-0.05, 0) is 0 Å². The maximum atomic E-state index is 12.4. The molecule has 2 aromatic rings. The van der Waals surface area contributed by atoms with E-state index in [1.807, 2.05) is 16.7 Å². The van der Waals surface area contributed by atoms with Crippen molar-refractivity contribution in [2.45, 2.75) is 13.8 Å². The first kappa shape index (κ1) is 17.1. The van der Waals surface area contributed by atoms with E-state index < -0.39 is 23.8 Å². The lowest BCUT2D eigenvalue weighted by atomic mass is 10.0. The molecule has 130 valence electrons. The predicted molar refractivity (Wildman–Crippen MR) is 91.5 cm³/mol. The smallest absolute Gasteiger partial charge is 0.328 e. The number of aromatic nitrogens is 1. The number of rotatable bonds is 2. The molecular formula is C18H14N4O4. The fourth-order valence-electron chi connectivity index (χ4n) is 2.79. The molecule has 1 aromatic carbocycles. The van der Waals surface area contributed by atoms with Crippen molar-refractivity contribution in [2.75, 3.05) is 0 Å². The third-order valence-electron chi connectivity index (χ3n) is 4.01. The van der Waals surface area contributed by atoms with E-state index in [1.54, 1.807) is 38.1 Å². The van der Waals surface area contributed by atoms with Gasteiger partial charge in [0.2, 0.25) is 0 Å². The number of carbonyl (C=O) groups excluding carboxylic acids is 4. The zero-order valence-electron chi connectivity index (χ0n) is 14.0. The number of barbiturate groups is 1. The van der Waals surface area contributed by atoms with Crippen LogP contribution in [0.3, 0.4) is 0 Å². The largest absolute Gasteiger partial charge is 0.352 e. The van der Waals surface area contributed by atoms with Crippen LogP contribution in [0.5, 0.6) is 0 Å². The molecule has 1 fully saturated rings. The number of carbonyl (C=O) groups is 4. The van der Waals surface area contributed by atoms with Gasteiger partial charge >= 0.3 is 6.03 Å². The van der Waals surface area contributed by atoms with Gasteiger partial charge in [-0.3, -0.25) is 25.0 Å². The summed E-state index contributed by atoms with van der Waals surface area (Å²) in [6.07, 6.45) is 0. The van der Waals surface area contributed by atoms with Crippen LogP contribution in [0.25, 0.3) is 21.9 Å². The molecule has 1 aliphatic heterocycles. The Morgan fingerprint density at radius 1 is 1.04 bits per heavy atom. The number of nitrogens with zero attached hydrogens (tertiary/aromatic N) is 1. The van der Waals surface area contributed by atoms with E-state index in [-0.39, 0.29) is 27.6 Å². The lowest BCUT2D eigenvalue weighted by Crippen LogP contribution is -2.52. The average Bonchev–Trinajstić information content (AvgIpc) is 2.94. The Hall–Kier alpha value is -3.73. The maximum absolute atomic E-state index is 12.4. The lowest BCUT2D eigenvalue weighted by Gasteiger charge is -2.13. The highest BCUT2D eigenvalue weighted by atomic mass is 16.2. The third kappa shape index (κ3) is 2.65. The number of ketones is 1. The number of benzene rings is 1. The first-order valence-corrected chi connectivity index (χ1v) is 7.81. The van der Waals surface area contributed by atoms with Gasteiger partial charge in [0.25, 0.3) is 11.8 Å². The molecule has 4 amide bonds. The number of nitriles is 1. The summed E-state index contributed by atoms with van der Waals surface area (Å²) in [5, 5.41) is 14.9. The van der Waals surface area contributed by atoms with Crippen LogP contribution in [0.2, 0.25) is 0 Å². The second-order valence-corrected chi connectivity index (χ2v) is 6.04. The number of urea groups is 1. The Kier molecular flexibility index (Phi) is 4.14. The summed E-state index contributed by atoms with van der Waals surface area (Å²) in [4.78, 5) is 50.8. The number of aromatic amines is 1. The zero-order valence-corrected chi connectivity index (χ0v) is 14.0. The van der Waals surface area contributed by atoms with E-state index in [9.17, 15) is 24.4 Å². The van der Waals surface area contributed by atoms with Crippen LogP contribution >= 0.6 is 0 Å². The molecule has 3 N–H and O–H groups in total. The molecule has 26 heavy (non-hydrogen) atoms. The van der Waals surface area contributed by atoms with Gasteiger partial charge in [0.15, 0.2) is 5.78 Å². The summed E-state index contributed by atoms with van der Waals surface area (Å²) in [5.41, 5.74) is -0.378. The highest BCUT2D eigenvalue weighted by Crippen LogP contribution is 2.11. The lowest BCUT2D eigenvalue weighted by molar-refractivity contribution is -0.121. The summed E-state index contributed by atoms with van der Waals surface area (Å²) in [5.74, 6) is -2.47. The quantitative estimate of drug-likeness (QED) is 0.677. The van der Waals surface area contributed by atoms with Crippen LogP contribution in [-0.2, 0) is 14.4 Å².